The molecule has 48 heavy (non-hydrogen) atoms. The molecule has 2 heterocycles. The molecule has 5 heteroatoms. The average Bonchev–Trinajstić information content (AvgIpc) is 3.47. The number of para-hydroxylation sites is 2. The van der Waals surface area contributed by atoms with Gasteiger partial charge in [-0.15, -0.1) is 0 Å². The SMILES string of the molecule is CC(C)(C)c1cc(-c2nc3c(-c4cccc(-c5ncccn5)c4)cccc3n2-c2ccccc2-c2ccccc2)c(O)c(C(C)(C)C)c1. The van der Waals surface area contributed by atoms with Gasteiger partial charge in [0.15, 0.2) is 5.82 Å². The fraction of sp³-hybridized carbons (Fsp3) is 0.186. The Balaban J connectivity index is 1.57. The summed E-state index contributed by atoms with van der Waals surface area (Å²) in [7, 11) is 0. The Hall–Kier alpha value is -5.55. The Labute approximate surface area is 282 Å². The van der Waals surface area contributed by atoms with Crippen LogP contribution in [0.1, 0.15) is 52.7 Å². The first kappa shape index (κ1) is 31.1. The molecule has 0 radical (unpaired) electrons. The molecular formula is C43H40N4O. The van der Waals surface area contributed by atoms with Gasteiger partial charge < -0.3 is 5.11 Å². The number of hydrogen-bond acceptors (Lipinski definition) is 4. The van der Waals surface area contributed by atoms with E-state index >= 15 is 0 Å². The summed E-state index contributed by atoms with van der Waals surface area (Å²) in [5.74, 6) is 1.62. The Morgan fingerprint density at radius 3 is 1.94 bits per heavy atom. The number of rotatable bonds is 5. The molecule has 7 aromatic rings. The van der Waals surface area contributed by atoms with E-state index in [1.807, 2.05) is 24.3 Å². The van der Waals surface area contributed by atoms with E-state index in [0.717, 1.165) is 55.7 Å². The van der Waals surface area contributed by atoms with Crippen molar-refractivity contribution >= 4 is 11.0 Å². The number of imidazole rings is 1. The van der Waals surface area contributed by atoms with Crippen LogP contribution in [0.4, 0.5) is 0 Å². The number of phenols is 1. The molecule has 0 saturated heterocycles. The lowest BCUT2D eigenvalue weighted by Gasteiger charge is -2.27. The molecule has 0 unspecified atom stereocenters. The lowest BCUT2D eigenvalue weighted by molar-refractivity contribution is 0.446. The maximum atomic E-state index is 12.1. The van der Waals surface area contributed by atoms with Gasteiger partial charge in [0.2, 0.25) is 0 Å². The molecule has 0 aliphatic rings. The van der Waals surface area contributed by atoms with Gasteiger partial charge in [-0.1, -0.05) is 126 Å². The standard InChI is InChI=1S/C43H40N4O/c1-42(2,3)31-26-34(39(48)35(27-31)43(4,5)6)41-46-38-33(29-17-12-18-30(25-29)40-44-23-14-24-45-40)20-13-22-37(38)47(41)36-21-11-10-19-32(36)28-15-8-7-9-16-28/h7-27,48H,1-6H3. The lowest BCUT2D eigenvalue weighted by Crippen LogP contribution is -2.17. The minimum atomic E-state index is -0.288. The molecule has 0 atom stereocenters. The van der Waals surface area contributed by atoms with Crippen molar-refractivity contribution < 1.29 is 5.11 Å². The third-order valence-electron chi connectivity index (χ3n) is 8.94. The van der Waals surface area contributed by atoms with Crippen molar-refractivity contribution in [3.05, 3.63) is 139 Å². The Bertz CT molecular complexity index is 2260. The normalized spacial score (nSPS) is 12.0. The molecule has 0 saturated carbocycles. The molecular weight excluding hydrogens is 589 g/mol. The molecule has 0 amide bonds. The van der Waals surface area contributed by atoms with E-state index in [0.29, 0.717) is 17.2 Å². The molecule has 0 aliphatic heterocycles. The zero-order chi connectivity index (χ0) is 33.6. The van der Waals surface area contributed by atoms with Crippen LogP contribution in [0.3, 0.4) is 0 Å². The van der Waals surface area contributed by atoms with Crippen molar-refractivity contribution in [2.75, 3.05) is 0 Å². The van der Waals surface area contributed by atoms with E-state index in [1.54, 1.807) is 12.4 Å². The van der Waals surface area contributed by atoms with E-state index in [9.17, 15) is 5.11 Å². The van der Waals surface area contributed by atoms with Gasteiger partial charge in [-0.25, -0.2) is 15.0 Å². The van der Waals surface area contributed by atoms with Crippen LogP contribution in [0.25, 0.3) is 61.8 Å². The minimum Gasteiger partial charge on any atom is -0.507 e. The molecule has 0 fully saturated rings. The summed E-state index contributed by atoms with van der Waals surface area (Å²) < 4.78 is 2.22. The number of aromatic hydroxyl groups is 1. The molecule has 7 rings (SSSR count). The Morgan fingerprint density at radius 1 is 0.562 bits per heavy atom. The topological polar surface area (TPSA) is 63.8 Å². The van der Waals surface area contributed by atoms with Crippen molar-refractivity contribution in [2.45, 2.75) is 52.4 Å². The molecule has 238 valence electrons. The third kappa shape index (κ3) is 5.66. The molecule has 5 aromatic carbocycles. The Kier molecular flexibility index (Phi) is 7.71. The second-order valence-corrected chi connectivity index (χ2v) is 14.4. The van der Waals surface area contributed by atoms with E-state index < -0.39 is 0 Å². The van der Waals surface area contributed by atoms with Crippen molar-refractivity contribution in [1.82, 2.24) is 19.5 Å². The molecule has 1 N–H and O–H groups in total. The Morgan fingerprint density at radius 2 is 1.21 bits per heavy atom. The van der Waals surface area contributed by atoms with Gasteiger partial charge in [-0.2, -0.15) is 0 Å². The largest absolute Gasteiger partial charge is 0.507 e. The van der Waals surface area contributed by atoms with Crippen LogP contribution < -0.4 is 0 Å². The summed E-state index contributed by atoms with van der Waals surface area (Å²) in [6.07, 6.45) is 3.52. The summed E-state index contributed by atoms with van der Waals surface area (Å²) in [6, 6.07) is 39.6. The molecule has 5 nitrogen and oxygen atoms in total. The lowest BCUT2D eigenvalue weighted by atomic mass is 9.79. The molecule has 0 aliphatic carbocycles. The van der Waals surface area contributed by atoms with Crippen molar-refractivity contribution in [3.8, 4) is 56.5 Å². The number of nitrogens with zero attached hydrogens (tertiary/aromatic N) is 4. The predicted octanol–water partition coefficient (Wildman–Crippen LogP) is 10.8. The van der Waals surface area contributed by atoms with E-state index in [2.05, 4.69) is 147 Å². The zero-order valence-electron chi connectivity index (χ0n) is 28.4. The van der Waals surface area contributed by atoms with Crippen LogP contribution in [-0.4, -0.2) is 24.6 Å². The average molecular weight is 629 g/mol. The maximum Gasteiger partial charge on any atom is 0.159 e. The van der Waals surface area contributed by atoms with Crippen molar-refractivity contribution in [2.24, 2.45) is 0 Å². The van der Waals surface area contributed by atoms with Gasteiger partial charge >= 0.3 is 0 Å². The number of benzene rings is 5. The molecule has 2 aromatic heterocycles. The van der Waals surface area contributed by atoms with Gasteiger partial charge in [0.1, 0.15) is 11.6 Å². The predicted molar refractivity (Wildman–Crippen MR) is 197 cm³/mol. The fourth-order valence-corrected chi connectivity index (χ4v) is 6.37. The van der Waals surface area contributed by atoms with Gasteiger partial charge in [0, 0.05) is 34.6 Å². The van der Waals surface area contributed by atoms with Gasteiger partial charge in [-0.3, -0.25) is 4.57 Å². The number of aromatic nitrogens is 4. The minimum absolute atomic E-state index is 0.146. The van der Waals surface area contributed by atoms with E-state index in [1.165, 1.54) is 0 Å². The highest BCUT2D eigenvalue weighted by molar-refractivity contribution is 5.97. The quantitative estimate of drug-likeness (QED) is 0.206. The van der Waals surface area contributed by atoms with Crippen molar-refractivity contribution in [1.29, 1.82) is 0 Å². The molecule has 0 bridgehead atoms. The first-order valence-corrected chi connectivity index (χ1v) is 16.4. The highest BCUT2D eigenvalue weighted by atomic mass is 16.3. The highest BCUT2D eigenvalue weighted by Crippen LogP contribution is 2.45. The van der Waals surface area contributed by atoms with Crippen LogP contribution in [-0.2, 0) is 10.8 Å². The highest BCUT2D eigenvalue weighted by Gasteiger charge is 2.29. The summed E-state index contributed by atoms with van der Waals surface area (Å²) in [4.78, 5) is 14.4. The second kappa shape index (κ2) is 11.9. The van der Waals surface area contributed by atoms with Crippen LogP contribution in [0.15, 0.2) is 128 Å². The van der Waals surface area contributed by atoms with E-state index in [-0.39, 0.29) is 16.6 Å². The number of fused-ring (bicyclic) bond motifs is 1. The second-order valence-electron chi connectivity index (χ2n) is 14.4. The third-order valence-corrected chi connectivity index (χ3v) is 8.94. The number of phenolic OH excluding ortho intramolecular Hbond substituents is 1. The maximum absolute atomic E-state index is 12.1. The summed E-state index contributed by atoms with van der Waals surface area (Å²) >= 11 is 0. The summed E-state index contributed by atoms with van der Waals surface area (Å²) in [6.45, 7) is 13.1. The smallest absolute Gasteiger partial charge is 0.159 e. The van der Waals surface area contributed by atoms with Gasteiger partial charge in [0.05, 0.1) is 22.3 Å². The fourth-order valence-electron chi connectivity index (χ4n) is 6.37. The van der Waals surface area contributed by atoms with Crippen LogP contribution in [0.2, 0.25) is 0 Å². The first-order chi connectivity index (χ1) is 23.0. The monoisotopic (exact) mass is 628 g/mol. The summed E-state index contributed by atoms with van der Waals surface area (Å²) in [5.41, 5.74) is 10.2. The summed E-state index contributed by atoms with van der Waals surface area (Å²) in [5, 5.41) is 12.1. The van der Waals surface area contributed by atoms with E-state index in [4.69, 9.17) is 4.98 Å². The van der Waals surface area contributed by atoms with Crippen LogP contribution in [0.5, 0.6) is 5.75 Å². The van der Waals surface area contributed by atoms with Crippen molar-refractivity contribution in [3.63, 3.8) is 0 Å². The van der Waals surface area contributed by atoms with Gasteiger partial charge in [0.25, 0.3) is 0 Å². The first-order valence-electron chi connectivity index (χ1n) is 16.4. The number of hydrogen-bond donors (Lipinski definition) is 1. The zero-order valence-corrected chi connectivity index (χ0v) is 28.4. The molecule has 0 spiro atoms. The van der Waals surface area contributed by atoms with Gasteiger partial charge in [-0.05, 0) is 57.9 Å². The van der Waals surface area contributed by atoms with Crippen LogP contribution in [0, 0.1) is 0 Å². The van der Waals surface area contributed by atoms with Crippen LogP contribution >= 0.6 is 0 Å².